The molecule has 0 aliphatic carbocycles. The predicted octanol–water partition coefficient (Wildman–Crippen LogP) is 3.16. The highest BCUT2D eigenvalue weighted by atomic mass is 16.5. The summed E-state index contributed by atoms with van der Waals surface area (Å²) >= 11 is 0. The van der Waals surface area contributed by atoms with Crippen molar-refractivity contribution in [2.45, 2.75) is 38.1 Å². The molecule has 1 unspecified atom stereocenters. The largest absolute Gasteiger partial charge is 0.493 e. The van der Waals surface area contributed by atoms with E-state index < -0.39 is 0 Å². The van der Waals surface area contributed by atoms with Crippen molar-refractivity contribution in [2.24, 2.45) is 0 Å². The van der Waals surface area contributed by atoms with Gasteiger partial charge in [0.2, 0.25) is 5.95 Å². The van der Waals surface area contributed by atoms with E-state index in [1.807, 2.05) is 12.1 Å². The molecule has 3 heterocycles. The van der Waals surface area contributed by atoms with Gasteiger partial charge < -0.3 is 29.3 Å². The Bertz CT molecular complexity index is 864. The second-order valence-corrected chi connectivity index (χ2v) is 8.65. The molecule has 1 aromatic heterocycles. The van der Waals surface area contributed by atoms with Crippen LogP contribution in [-0.2, 0) is 4.74 Å². The van der Waals surface area contributed by atoms with E-state index >= 15 is 0 Å². The molecule has 0 saturated carbocycles. The number of nitrogens with one attached hydrogen (secondary N) is 1. The fourth-order valence-corrected chi connectivity index (χ4v) is 4.18. The summed E-state index contributed by atoms with van der Waals surface area (Å²) in [5.41, 5.74) is 0.875. The van der Waals surface area contributed by atoms with Crippen LogP contribution in [0.3, 0.4) is 0 Å². The molecule has 8 nitrogen and oxygen atoms in total. The minimum Gasteiger partial charge on any atom is -0.493 e. The highest BCUT2D eigenvalue weighted by Gasteiger charge is 2.21. The van der Waals surface area contributed by atoms with E-state index in [1.165, 1.54) is 12.8 Å². The summed E-state index contributed by atoms with van der Waals surface area (Å²) in [5.74, 6) is 3.07. The molecule has 1 N–H and O–H groups in total. The van der Waals surface area contributed by atoms with Crippen LogP contribution in [0.15, 0.2) is 12.1 Å². The van der Waals surface area contributed by atoms with Gasteiger partial charge in [-0.2, -0.15) is 4.98 Å². The standard InChI is InChI=1S/C23H35N5O3/c1-27(2)9-7-13-31-21-15-19-18(14-20(21)29-3)22(24-17-8-6-12-30-16-17)26-23(25-19)28-10-4-5-11-28/h14-15,17H,4-13,16H2,1-3H3,(H,24,25,26). The van der Waals surface area contributed by atoms with E-state index in [0.717, 1.165) is 73.9 Å². The molecule has 2 fully saturated rings. The molecule has 0 radical (unpaired) electrons. The summed E-state index contributed by atoms with van der Waals surface area (Å²) in [4.78, 5) is 14.3. The van der Waals surface area contributed by atoms with Crippen molar-refractivity contribution in [1.82, 2.24) is 14.9 Å². The normalized spacial score (nSPS) is 19.2. The minimum absolute atomic E-state index is 0.256. The molecule has 1 atom stereocenters. The van der Waals surface area contributed by atoms with Gasteiger partial charge in [0, 0.05) is 37.7 Å². The van der Waals surface area contributed by atoms with Crippen LogP contribution in [-0.4, -0.2) is 81.6 Å². The highest BCUT2D eigenvalue weighted by molar-refractivity contribution is 5.93. The number of ether oxygens (including phenoxy) is 3. The third kappa shape index (κ3) is 5.49. The van der Waals surface area contributed by atoms with E-state index in [4.69, 9.17) is 24.2 Å². The zero-order chi connectivity index (χ0) is 21.6. The average Bonchev–Trinajstić information content (AvgIpc) is 3.32. The smallest absolute Gasteiger partial charge is 0.227 e. The highest BCUT2D eigenvalue weighted by Crippen LogP contribution is 2.36. The van der Waals surface area contributed by atoms with Crippen LogP contribution in [0.25, 0.3) is 10.9 Å². The van der Waals surface area contributed by atoms with Crippen LogP contribution in [0.5, 0.6) is 11.5 Å². The van der Waals surface area contributed by atoms with Crippen molar-refractivity contribution < 1.29 is 14.2 Å². The molecule has 1 aromatic carbocycles. The van der Waals surface area contributed by atoms with Gasteiger partial charge in [-0.3, -0.25) is 0 Å². The number of hydrogen-bond acceptors (Lipinski definition) is 8. The first-order valence-electron chi connectivity index (χ1n) is 11.4. The molecule has 4 rings (SSSR count). The molecule has 2 aliphatic rings. The number of methoxy groups -OCH3 is 1. The SMILES string of the molecule is COc1cc2c(NC3CCCOC3)nc(N3CCCC3)nc2cc1OCCCN(C)C. The van der Waals surface area contributed by atoms with Gasteiger partial charge in [-0.1, -0.05) is 0 Å². The van der Waals surface area contributed by atoms with Crippen LogP contribution < -0.4 is 19.7 Å². The molecular weight excluding hydrogens is 394 g/mol. The Kier molecular flexibility index (Phi) is 7.29. The molecule has 0 spiro atoms. The molecular formula is C23H35N5O3. The van der Waals surface area contributed by atoms with Crippen molar-refractivity contribution in [3.63, 3.8) is 0 Å². The number of anilines is 2. The first-order chi connectivity index (χ1) is 15.1. The zero-order valence-corrected chi connectivity index (χ0v) is 19.0. The number of aromatic nitrogens is 2. The minimum atomic E-state index is 0.256. The van der Waals surface area contributed by atoms with Crippen LogP contribution in [0.1, 0.15) is 32.1 Å². The Balaban J connectivity index is 1.66. The molecule has 170 valence electrons. The van der Waals surface area contributed by atoms with E-state index in [0.29, 0.717) is 19.0 Å². The van der Waals surface area contributed by atoms with Crippen molar-refractivity contribution in [3.05, 3.63) is 12.1 Å². The van der Waals surface area contributed by atoms with Gasteiger partial charge in [0.15, 0.2) is 11.5 Å². The number of fused-ring (bicyclic) bond motifs is 1. The molecule has 0 amide bonds. The Morgan fingerprint density at radius 2 is 2.00 bits per heavy atom. The number of rotatable bonds is 9. The maximum absolute atomic E-state index is 6.08. The lowest BCUT2D eigenvalue weighted by Gasteiger charge is -2.25. The lowest BCUT2D eigenvalue weighted by atomic mass is 10.1. The molecule has 2 aromatic rings. The fraction of sp³-hybridized carbons (Fsp3) is 0.652. The van der Waals surface area contributed by atoms with Crippen LogP contribution in [0, 0.1) is 0 Å². The van der Waals surface area contributed by atoms with E-state index in [9.17, 15) is 0 Å². The Morgan fingerprint density at radius 1 is 1.16 bits per heavy atom. The van der Waals surface area contributed by atoms with E-state index in [1.54, 1.807) is 7.11 Å². The van der Waals surface area contributed by atoms with Gasteiger partial charge in [0.25, 0.3) is 0 Å². The molecule has 2 aliphatic heterocycles. The topological polar surface area (TPSA) is 72.0 Å². The van der Waals surface area contributed by atoms with Gasteiger partial charge >= 0.3 is 0 Å². The summed E-state index contributed by atoms with van der Waals surface area (Å²) in [7, 11) is 5.81. The Morgan fingerprint density at radius 3 is 2.71 bits per heavy atom. The van der Waals surface area contributed by atoms with E-state index in [2.05, 4.69) is 29.2 Å². The van der Waals surface area contributed by atoms with Crippen LogP contribution >= 0.6 is 0 Å². The predicted molar refractivity (Wildman–Crippen MR) is 124 cm³/mol. The summed E-state index contributed by atoms with van der Waals surface area (Å²) < 4.78 is 17.4. The lowest BCUT2D eigenvalue weighted by molar-refractivity contribution is 0.0875. The third-order valence-corrected chi connectivity index (χ3v) is 5.87. The maximum atomic E-state index is 6.08. The molecule has 31 heavy (non-hydrogen) atoms. The summed E-state index contributed by atoms with van der Waals surface area (Å²) in [6, 6.07) is 4.25. The second-order valence-electron chi connectivity index (χ2n) is 8.65. The molecule has 8 heteroatoms. The second kappa shape index (κ2) is 10.3. The average molecular weight is 430 g/mol. The first-order valence-corrected chi connectivity index (χ1v) is 11.4. The van der Waals surface area contributed by atoms with Gasteiger partial charge in [0.1, 0.15) is 5.82 Å². The maximum Gasteiger partial charge on any atom is 0.227 e. The molecule has 2 saturated heterocycles. The van der Waals surface area contributed by atoms with Crippen LogP contribution in [0.4, 0.5) is 11.8 Å². The van der Waals surface area contributed by atoms with Crippen molar-refractivity contribution in [2.75, 3.05) is 70.9 Å². The summed E-state index contributed by atoms with van der Waals surface area (Å²) in [5, 5.41) is 4.57. The quantitative estimate of drug-likeness (QED) is 0.610. The van der Waals surface area contributed by atoms with Gasteiger partial charge in [-0.15, -0.1) is 0 Å². The van der Waals surface area contributed by atoms with Crippen LogP contribution in [0.2, 0.25) is 0 Å². The van der Waals surface area contributed by atoms with Crippen molar-refractivity contribution in [3.8, 4) is 11.5 Å². The Labute approximate surface area is 184 Å². The van der Waals surface area contributed by atoms with Gasteiger partial charge in [-0.05, 0) is 52.3 Å². The van der Waals surface area contributed by atoms with Crippen molar-refractivity contribution >= 4 is 22.7 Å². The van der Waals surface area contributed by atoms with Gasteiger partial charge in [-0.25, -0.2) is 4.98 Å². The lowest BCUT2D eigenvalue weighted by Crippen LogP contribution is -2.31. The number of benzene rings is 1. The fourth-order valence-electron chi connectivity index (χ4n) is 4.18. The zero-order valence-electron chi connectivity index (χ0n) is 19.0. The summed E-state index contributed by atoms with van der Waals surface area (Å²) in [6.07, 6.45) is 5.46. The van der Waals surface area contributed by atoms with E-state index in [-0.39, 0.29) is 6.04 Å². The number of hydrogen-bond donors (Lipinski definition) is 1. The number of nitrogens with zero attached hydrogens (tertiary/aromatic N) is 4. The summed E-state index contributed by atoms with van der Waals surface area (Å²) in [6.45, 7) is 5.16. The van der Waals surface area contributed by atoms with Gasteiger partial charge in [0.05, 0.1) is 31.9 Å². The third-order valence-electron chi connectivity index (χ3n) is 5.87. The first kappa shape index (κ1) is 21.9. The van der Waals surface area contributed by atoms with Crippen molar-refractivity contribution in [1.29, 1.82) is 0 Å². The Hall–Kier alpha value is -2.32. The molecule has 0 bridgehead atoms. The monoisotopic (exact) mass is 429 g/mol.